The molecular formula is C21H28ClN3O4. The predicted octanol–water partition coefficient (Wildman–Crippen LogP) is 2.99. The zero-order valence-corrected chi connectivity index (χ0v) is 17.5. The molecule has 2 saturated heterocycles. The van der Waals surface area contributed by atoms with E-state index in [9.17, 15) is 14.4 Å². The number of carbonyl (C=O) groups is 3. The van der Waals surface area contributed by atoms with E-state index in [1.54, 1.807) is 23.1 Å². The third-order valence-corrected chi connectivity index (χ3v) is 5.98. The van der Waals surface area contributed by atoms with Gasteiger partial charge in [-0.1, -0.05) is 29.8 Å². The summed E-state index contributed by atoms with van der Waals surface area (Å²) in [5.74, 6) is -0.902. The van der Waals surface area contributed by atoms with Crippen molar-refractivity contribution in [1.29, 1.82) is 0 Å². The Morgan fingerprint density at radius 1 is 1.14 bits per heavy atom. The zero-order chi connectivity index (χ0) is 20.8. The smallest absolute Gasteiger partial charge is 0.320 e. The number of nitrogens with one attached hydrogen (secondary N) is 1. The van der Waals surface area contributed by atoms with Crippen LogP contribution in [0.1, 0.15) is 43.7 Å². The number of urea groups is 1. The number of nitrogens with zero attached hydrogens (tertiary/aromatic N) is 2. The van der Waals surface area contributed by atoms with E-state index >= 15 is 0 Å². The first-order valence-electron chi connectivity index (χ1n) is 10.1. The second-order valence-corrected chi connectivity index (χ2v) is 8.03. The van der Waals surface area contributed by atoms with Crippen LogP contribution in [0.4, 0.5) is 4.79 Å². The Morgan fingerprint density at radius 2 is 1.83 bits per heavy atom. The van der Waals surface area contributed by atoms with Crippen molar-refractivity contribution < 1.29 is 19.1 Å². The number of likely N-dealkylation sites (tertiary alicyclic amines) is 2. The fraction of sp³-hybridized carbons (Fsp3) is 0.571. The summed E-state index contributed by atoms with van der Waals surface area (Å²) < 4.78 is 4.78. The number of hydrogen-bond donors (Lipinski definition) is 1. The molecule has 2 atom stereocenters. The maximum absolute atomic E-state index is 13.0. The van der Waals surface area contributed by atoms with Crippen LogP contribution in [-0.2, 0) is 14.3 Å². The maximum atomic E-state index is 13.0. The summed E-state index contributed by atoms with van der Waals surface area (Å²) in [7, 11) is 1.32. The van der Waals surface area contributed by atoms with Gasteiger partial charge in [-0.3, -0.25) is 9.59 Å². The van der Waals surface area contributed by atoms with E-state index < -0.39 is 12.0 Å². The van der Waals surface area contributed by atoms with Gasteiger partial charge in [0.25, 0.3) is 0 Å². The number of amides is 3. The summed E-state index contributed by atoms with van der Waals surface area (Å²) in [6.07, 6.45) is 3.57. The molecule has 0 aromatic heterocycles. The molecule has 2 aliphatic heterocycles. The number of carbonyl (C=O) groups excluding carboxylic acids is 3. The van der Waals surface area contributed by atoms with Crippen LogP contribution in [0.25, 0.3) is 0 Å². The van der Waals surface area contributed by atoms with E-state index in [1.165, 1.54) is 7.11 Å². The van der Waals surface area contributed by atoms with Gasteiger partial charge in [0.2, 0.25) is 5.91 Å². The number of halogens is 1. The normalized spacial score (nSPS) is 20.3. The number of rotatable bonds is 5. The zero-order valence-electron chi connectivity index (χ0n) is 16.7. The Balaban J connectivity index is 1.67. The van der Waals surface area contributed by atoms with E-state index in [2.05, 4.69) is 5.32 Å². The van der Waals surface area contributed by atoms with Gasteiger partial charge in [-0.05, 0) is 37.3 Å². The molecule has 0 saturated carbocycles. The number of ether oxygens (including phenoxy) is 1. The molecule has 0 bridgehead atoms. The monoisotopic (exact) mass is 421 g/mol. The Hall–Kier alpha value is -2.28. The van der Waals surface area contributed by atoms with Crippen molar-refractivity contribution in [3.05, 3.63) is 34.9 Å². The number of methoxy groups -OCH3 is 1. The molecule has 0 spiro atoms. The largest absolute Gasteiger partial charge is 0.469 e. The van der Waals surface area contributed by atoms with Gasteiger partial charge in [-0.15, -0.1) is 0 Å². The minimum absolute atomic E-state index is 0.00485. The van der Waals surface area contributed by atoms with Gasteiger partial charge >= 0.3 is 12.0 Å². The molecule has 3 amide bonds. The Labute approximate surface area is 176 Å². The third kappa shape index (κ3) is 5.41. The molecule has 8 heteroatoms. The van der Waals surface area contributed by atoms with Gasteiger partial charge < -0.3 is 19.9 Å². The van der Waals surface area contributed by atoms with Crippen LogP contribution in [0.3, 0.4) is 0 Å². The first kappa shape index (κ1) is 21.4. The number of benzene rings is 1. The molecule has 7 nitrogen and oxygen atoms in total. The second kappa shape index (κ2) is 9.96. The summed E-state index contributed by atoms with van der Waals surface area (Å²) in [4.78, 5) is 41.2. The number of esters is 1. The van der Waals surface area contributed by atoms with Crippen LogP contribution in [0.15, 0.2) is 24.3 Å². The molecule has 0 radical (unpaired) electrons. The van der Waals surface area contributed by atoms with Crippen LogP contribution >= 0.6 is 11.6 Å². The standard InChI is InChI=1S/C21H28ClN3O4/c1-29-19(26)13-18(16-8-2-3-9-17(16)22)23-20(27)15-7-6-12-25(14-15)21(28)24-10-4-5-11-24/h2-3,8-9,15,18H,4-7,10-14H2,1H3,(H,23,27)/t15-,18+/m0/s1. The van der Waals surface area contributed by atoms with E-state index in [0.29, 0.717) is 30.1 Å². The Kier molecular flexibility index (Phi) is 7.36. The average molecular weight is 422 g/mol. The Morgan fingerprint density at radius 3 is 2.52 bits per heavy atom. The summed E-state index contributed by atoms with van der Waals surface area (Å²) in [5.41, 5.74) is 0.675. The molecule has 0 aliphatic carbocycles. The summed E-state index contributed by atoms with van der Waals surface area (Å²) >= 11 is 6.29. The van der Waals surface area contributed by atoms with Gasteiger partial charge in [0.15, 0.2) is 0 Å². The third-order valence-electron chi connectivity index (χ3n) is 5.63. The molecule has 1 aromatic rings. The van der Waals surface area contributed by atoms with Crippen LogP contribution in [0, 0.1) is 5.92 Å². The van der Waals surface area contributed by atoms with Crippen LogP contribution < -0.4 is 5.32 Å². The molecule has 2 fully saturated rings. The van der Waals surface area contributed by atoms with E-state index in [0.717, 1.165) is 32.4 Å². The molecule has 3 rings (SSSR count). The quantitative estimate of drug-likeness (QED) is 0.741. The van der Waals surface area contributed by atoms with Gasteiger partial charge in [-0.25, -0.2) is 4.79 Å². The van der Waals surface area contributed by atoms with Crippen LogP contribution in [-0.4, -0.2) is 61.0 Å². The Bertz CT molecular complexity index is 751. The molecule has 2 heterocycles. The van der Waals surface area contributed by atoms with Crippen molar-refractivity contribution in [2.24, 2.45) is 5.92 Å². The lowest BCUT2D eigenvalue weighted by Crippen LogP contribution is -2.50. The van der Waals surface area contributed by atoms with Crippen molar-refractivity contribution in [2.75, 3.05) is 33.3 Å². The molecule has 0 unspecified atom stereocenters. The van der Waals surface area contributed by atoms with Gasteiger partial charge in [0.05, 0.1) is 25.5 Å². The van der Waals surface area contributed by atoms with Crippen LogP contribution in [0.5, 0.6) is 0 Å². The summed E-state index contributed by atoms with van der Waals surface area (Å²) in [6, 6.07) is 6.58. The maximum Gasteiger partial charge on any atom is 0.320 e. The molecule has 2 aliphatic rings. The number of piperidine rings is 1. The van der Waals surface area contributed by atoms with Crippen molar-refractivity contribution in [2.45, 2.75) is 38.1 Å². The highest BCUT2D eigenvalue weighted by molar-refractivity contribution is 6.31. The average Bonchev–Trinajstić information content (AvgIpc) is 3.28. The lowest BCUT2D eigenvalue weighted by atomic mass is 9.95. The topological polar surface area (TPSA) is 79.0 Å². The van der Waals surface area contributed by atoms with E-state index in [1.807, 2.05) is 11.0 Å². The van der Waals surface area contributed by atoms with Crippen molar-refractivity contribution >= 4 is 29.5 Å². The van der Waals surface area contributed by atoms with Crippen molar-refractivity contribution in [3.8, 4) is 0 Å². The molecular weight excluding hydrogens is 394 g/mol. The van der Waals surface area contributed by atoms with Crippen LogP contribution in [0.2, 0.25) is 5.02 Å². The van der Waals surface area contributed by atoms with Crippen molar-refractivity contribution in [1.82, 2.24) is 15.1 Å². The lowest BCUT2D eigenvalue weighted by molar-refractivity contribution is -0.141. The molecule has 29 heavy (non-hydrogen) atoms. The minimum atomic E-state index is -0.576. The van der Waals surface area contributed by atoms with Gasteiger partial charge in [0, 0.05) is 31.2 Å². The highest BCUT2D eigenvalue weighted by atomic mass is 35.5. The first-order chi connectivity index (χ1) is 14.0. The van der Waals surface area contributed by atoms with Crippen molar-refractivity contribution in [3.63, 3.8) is 0 Å². The molecule has 158 valence electrons. The fourth-order valence-corrected chi connectivity index (χ4v) is 4.28. The molecule has 1 aromatic carbocycles. The molecule has 1 N–H and O–H groups in total. The predicted molar refractivity (Wildman–Crippen MR) is 109 cm³/mol. The van der Waals surface area contributed by atoms with Gasteiger partial charge in [0.1, 0.15) is 0 Å². The summed E-state index contributed by atoms with van der Waals surface area (Å²) in [6.45, 7) is 2.66. The van der Waals surface area contributed by atoms with Gasteiger partial charge in [-0.2, -0.15) is 0 Å². The first-order valence-corrected chi connectivity index (χ1v) is 10.5. The second-order valence-electron chi connectivity index (χ2n) is 7.62. The highest BCUT2D eigenvalue weighted by Crippen LogP contribution is 2.27. The SMILES string of the molecule is COC(=O)C[C@@H](NC(=O)[C@H]1CCCN(C(=O)N2CCCC2)C1)c1ccccc1Cl. The lowest BCUT2D eigenvalue weighted by Gasteiger charge is -2.35. The minimum Gasteiger partial charge on any atom is -0.469 e. The number of hydrogen-bond acceptors (Lipinski definition) is 4. The summed E-state index contributed by atoms with van der Waals surface area (Å²) in [5, 5.41) is 3.44. The van der Waals surface area contributed by atoms with E-state index in [4.69, 9.17) is 16.3 Å². The van der Waals surface area contributed by atoms with E-state index in [-0.39, 0.29) is 24.3 Å². The fourth-order valence-electron chi connectivity index (χ4n) is 4.01. The highest BCUT2D eigenvalue weighted by Gasteiger charge is 2.33.